The van der Waals surface area contributed by atoms with E-state index in [1.165, 1.54) is 36.4 Å². The third-order valence-electron chi connectivity index (χ3n) is 7.25. The van der Waals surface area contributed by atoms with Gasteiger partial charge in [-0.25, -0.2) is 16.8 Å². The maximum atomic E-state index is 13.6. The lowest BCUT2D eigenvalue weighted by molar-refractivity contribution is 0.599. The number of hydrogen-bond donors (Lipinski definition) is 2. The van der Waals surface area contributed by atoms with Crippen LogP contribution < -0.4 is 25.4 Å². The van der Waals surface area contributed by atoms with Gasteiger partial charge in [0.2, 0.25) is 0 Å². The molecule has 0 amide bonds. The van der Waals surface area contributed by atoms with E-state index in [1.54, 1.807) is 42.5 Å². The smallest absolute Gasteiger partial charge is 0.261 e. The van der Waals surface area contributed by atoms with Crippen LogP contribution in [-0.2, 0) is 20.0 Å². The molecule has 6 aromatic rings. The van der Waals surface area contributed by atoms with Gasteiger partial charge in [-0.2, -0.15) is 0 Å². The van der Waals surface area contributed by atoms with Crippen LogP contribution in [0.4, 0.5) is 17.1 Å². The van der Waals surface area contributed by atoms with Gasteiger partial charge in [-0.3, -0.25) is 14.2 Å². The summed E-state index contributed by atoms with van der Waals surface area (Å²) in [5.41, 5.74) is 0.717. The van der Waals surface area contributed by atoms with Gasteiger partial charge in [-0.1, -0.05) is 127 Å². The molecule has 2 N–H and O–H groups in total. The van der Waals surface area contributed by atoms with E-state index in [0.29, 0.717) is 0 Å². The maximum absolute atomic E-state index is 13.6. The van der Waals surface area contributed by atoms with Crippen molar-refractivity contribution < 1.29 is 16.8 Å². The molecule has 0 radical (unpaired) electrons. The summed E-state index contributed by atoms with van der Waals surface area (Å²) in [6.45, 7) is 0. The Morgan fingerprint density at radius 1 is 0.435 bits per heavy atom. The number of sulfonamides is 2. The Hall–Kier alpha value is -4.95. The molecule has 0 fully saturated rings. The van der Waals surface area contributed by atoms with Crippen molar-refractivity contribution in [3.05, 3.63) is 170 Å². The molecule has 46 heavy (non-hydrogen) atoms. The summed E-state index contributed by atoms with van der Waals surface area (Å²) in [7, 11) is -10.8. The first-order valence-corrected chi connectivity index (χ1v) is 19.1. The first kappa shape index (κ1) is 31.0. The second-order valence-electron chi connectivity index (χ2n) is 10.3. The van der Waals surface area contributed by atoms with Crippen molar-refractivity contribution in [2.75, 3.05) is 9.44 Å². The van der Waals surface area contributed by atoms with Crippen molar-refractivity contribution in [1.82, 2.24) is 0 Å². The van der Waals surface area contributed by atoms with E-state index in [-0.39, 0.29) is 26.9 Å². The molecule has 230 valence electrons. The second-order valence-corrected chi connectivity index (χ2v) is 16.7. The number of hydrogen-bond acceptors (Lipinski definition) is 5. The zero-order valence-electron chi connectivity index (χ0n) is 24.5. The topological polar surface area (TPSA) is 105 Å². The average Bonchev–Trinajstić information content (AvgIpc) is 3.10. The predicted octanol–water partition coefficient (Wildman–Crippen LogP) is 7.10. The van der Waals surface area contributed by atoms with E-state index >= 15 is 0 Å². The van der Waals surface area contributed by atoms with E-state index in [0.717, 1.165) is 15.9 Å². The molecule has 0 saturated heterocycles. The summed E-state index contributed by atoms with van der Waals surface area (Å²) in [6.07, 6.45) is 0. The zero-order chi connectivity index (χ0) is 32.0. The van der Waals surface area contributed by atoms with E-state index in [2.05, 4.69) is 9.44 Å². The van der Waals surface area contributed by atoms with Gasteiger partial charge in [0, 0.05) is 15.9 Å². The van der Waals surface area contributed by atoms with Gasteiger partial charge >= 0.3 is 0 Å². The summed E-state index contributed by atoms with van der Waals surface area (Å²) >= 11 is 0. The standard InChI is InChI=1S/C36H30N3O4PS2/c40-45(41,33-22-12-4-13-23-33)38-29-26-27-35(39-46(42,43)34-24-14-5-15-25-34)36(28-29)37-44(30-16-6-1-7-17-30,31-18-8-2-9-19-31)32-20-10-3-11-21-32/h1-28,38-39H. The highest BCUT2D eigenvalue weighted by atomic mass is 32.2. The van der Waals surface area contributed by atoms with Crippen molar-refractivity contribution in [2.45, 2.75) is 9.79 Å². The fourth-order valence-corrected chi connectivity index (χ4v) is 10.8. The minimum absolute atomic E-state index is 0.0880. The maximum Gasteiger partial charge on any atom is 0.261 e. The lowest BCUT2D eigenvalue weighted by Gasteiger charge is -2.27. The van der Waals surface area contributed by atoms with Crippen LogP contribution in [0.1, 0.15) is 0 Å². The Balaban J connectivity index is 1.63. The third-order valence-corrected chi connectivity index (χ3v) is 13.7. The molecule has 0 spiro atoms. The molecule has 6 rings (SSSR count). The molecule has 0 atom stereocenters. The Labute approximate surface area is 269 Å². The molecule has 0 aromatic heterocycles. The van der Waals surface area contributed by atoms with Gasteiger partial charge < -0.3 is 0 Å². The Morgan fingerprint density at radius 3 is 1.22 bits per heavy atom. The van der Waals surface area contributed by atoms with Crippen molar-refractivity contribution in [3.8, 4) is 0 Å². The minimum Gasteiger partial charge on any atom is -0.280 e. The Bertz CT molecular complexity index is 2120. The van der Waals surface area contributed by atoms with Crippen LogP contribution in [0, 0.1) is 0 Å². The first-order chi connectivity index (χ1) is 22.3. The van der Waals surface area contributed by atoms with Crippen molar-refractivity contribution in [1.29, 1.82) is 0 Å². The van der Waals surface area contributed by atoms with Gasteiger partial charge in [0.25, 0.3) is 20.0 Å². The van der Waals surface area contributed by atoms with Crippen molar-refractivity contribution in [2.24, 2.45) is 4.74 Å². The molecule has 0 aliphatic rings. The van der Waals surface area contributed by atoms with Crippen LogP contribution in [0.25, 0.3) is 0 Å². The molecule has 6 aromatic carbocycles. The summed E-state index contributed by atoms with van der Waals surface area (Å²) in [5, 5.41) is 2.83. The third kappa shape index (κ3) is 6.53. The van der Waals surface area contributed by atoms with Gasteiger partial charge in [0.15, 0.2) is 0 Å². The minimum atomic E-state index is -4.01. The SMILES string of the molecule is O=S(=O)(Nc1ccc(NS(=O)(=O)c2ccccc2)c(N=P(c2ccccc2)(c2ccccc2)c2ccccc2)c1)c1ccccc1. The normalized spacial score (nSPS) is 11.8. The second kappa shape index (κ2) is 13.2. The van der Waals surface area contributed by atoms with Crippen LogP contribution in [0.2, 0.25) is 0 Å². The zero-order valence-corrected chi connectivity index (χ0v) is 27.0. The largest absolute Gasteiger partial charge is 0.280 e. The molecule has 0 bridgehead atoms. The molecule has 0 unspecified atom stereocenters. The van der Waals surface area contributed by atoms with E-state index in [4.69, 9.17) is 4.74 Å². The predicted molar refractivity (Wildman–Crippen MR) is 188 cm³/mol. The highest BCUT2D eigenvalue weighted by Crippen LogP contribution is 2.51. The molecule has 0 aliphatic heterocycles. The van der Waals surface area contributed by atoms with Crippen molar-refractivity contribution in [3.63, 3.8) is 0 Å². The lowest BCUT2D eigenvalue weighted by atomic mass is 10.2. The number of benzene rings is 6. The molecular formula is C36H30N3O4PS2. The fourth-order valence-electron chi connectivity index (χ4n) is 5.09. The van der Waals surface area contributed by atoms with E-state index in [9.17, 15) is 16.8 Å². The Kier molecular flexibility index (Phi) is 8.90. The first-order valence-electron chi connectivity index (χ1n) is 14.4. The van der Waals surface area contributed by atoms with Crippen LogP contribution in [-0.4, -0.2) is 16.8 Å². The summed E-state index contributed by atoms with van der Waals surface area (Å²) in [6, 6.07) is 50.4. The number of nitrogens with zero attached hydrogens (tertiary/aromatic N) is 1. The van der Waals surface area contributed by atoms with Gasteiger partial charge in [0.05, 0.1) is 33.9 Å². The molecule has 0 heterocycles. The molecule has 0 saturated carbocycles. The molecule has 7 nitrogen and oxygen atoms in total. The van der Waals surface area contributed by atoms with Gasteiger partial charge in [-0.15, -0.1) is 0 Å². The monoisotopic (exact) mass is 663 g/mol. The van der Waals surface area contributed by atoms with Crippen molar-refractivity contribution >= 4 is 60.1 Å². The summed E-state index contributed by atoms with van der Waals surface area (Å²) < 4.78 is 64.6. The number of rotatable bonds is 10. The summed E-state index contributed by atoms with van der Waals surface area (Å²) in [4.78, 5) is 0.187. The van der Waals surface area contributed by atoms with Crippen LogP contribution >= 0.6 is 7.05 Å². The van der Waals surface area contributed by atoms with Crippen LogP contribution in [0.15, 0.2) is 184 Å². The Morgan fingerprint density at radius 2 is 0.804 bits per heavy atom. The van der Waals surface area contributed by atoms with Crippen LogP contribution in [0.3, 0.4) is 0 Å². The summed E-state index contributed by atoms with van der Waals surface area (Å²) in [5.74, 6) is 0. The van der Waals surface area contributed by atoms with Gasteiger partial charge in [-0.05, 0) is 42.5 Å². The van der Waals surface area contributed by atoms with Gasteiger partial charge in [0.1, 0.15) is 0 Å². The molecule has 0 aliphatic carbocycles. The van der Waals surface area contributed by atoms with E-state index < -0.39 is 27.1 Å². The lowest BCUT2D eigenvalue weighted by Crippen LogP contribution is -2.25. The molecule has 10 heteroatoms. The highest BCUT2D eigenvalue weighted by molar-refractivity contribution is 7.93. The highest BCUT2D eigenvalue weighted by Gasteiger charge is 2.29. The molecular weight excluding hydrogens is 634 g/mol. The number of anilines is 2. The average molecular weight is 664 g/mol. The quantitative estimate of drug-likeness (QED) is 0.153. The van der Waals surface area contributed by atoms with E-state index in [1.807, 2.05) is 91.0 Å². The van der Waals surface area contributed by atoms with Crippen LogP contribution in [0.5, 0.6) is 0 Å². The fraction of sp³-hybridized carbons (Fsp3) is 0. The number of nitrogens with one attached hydrogen (secondary N) is 2.